The van der Waals surface area contributed by atoms with Crippen molar-refractivity contribution >= 4 is 24.0 Å². The molecule has 3 rings (SSSR count). The van der Waals surface area contributed by atoms with Gasteiger partial charge in [0.1, 0.15) is 5.75 Å². The molecule has 2 atom stereocenters. The second-order valence-corrected chi connectivity index (χ2v) is 7.14. The Hall–Kier alpha value is -1.50. The maximum absolute atomic E-state index is 14.1. The first-order valence-corrected chi connectivity index (χ1v) is 7.53. The molecule has 0 aliphatic carbocycles. The molecule has 0 N–H and O–H groups in total. The lowest BCUT2D eigenvalue weighted by Gasteiger charge is -2.13. The summed E-state index contributed by atoms with van der Waals surface area (Å²) in [6.45, 7) is 0. The van der Waals surface area contributed by atoms with Crippen molar-refractivity contribution in [3.63, 3.8) is 0 Å². The summed E-state index contributed by atoms with van der Waals surface area (Å²) in [7, 11) is 5.93. The molecule has 0 aliphatic heterocycles. The quantitative estimate of drug-likeness (QED) is 0.686. The number of halogens is 1. The molecule has 0 saturated carbocycles. The van der Waals surface area contributed by atoms with Gasteiger partial charge in [-0.15, -0.1) is 0 Å². The van der Waals surface area contributed by atoms with Crippen LogP contribution in [0.25, 0.3) is 16.6 Å². The molecule has 6 heteroatoms. The fraction of sp³-hybridized carbons (Fsp3) is 0.133. The summed E-state index contributed by atoms with van der Waals surface area (Å²) >= 11 is 0. The number of fused-ring (bicyclic) bond motifs is 1. The standard InChI is InChI=1S/C15H15FN2OP2/c1-19-13-6-3-10(4-7-13)11-2-5-12-8-17-14(15(16,20)21)18(12)9-11/h2-9H,20-21H2,1H3. The van der Waals surface area contributed by atoms with Crippen molar-refractivity contribution < 1.29 is 9.13 Å². The molecule has 0 fully saturated rings. The zero-order valence-electron chi connectivity index (χ0n) is 11.5. The van der Waals surface area contributed by atoms with Crippen molar-refractivity contribution in [1.82, 2.24) is 9.38 Å². The Kier molecular flexibility index (Phi) is 3.69. The van der Waals surface area contributed by atoms with Gasteiger partial charge in [-0.25, -0.2) is 9.37 Å². The zero-order valence-corrected chi connectivity index (χ0v) is 13.8. The molecule has 2 unspecified atom stereocenters. The van der Waals surface area contributed by atoms with Crippen LogP contribution in [0.1, 0.15) is 5.82 Å². The van der Waals surface area contributed by atoms with Crippen LogP contribution >= 0.6 is 18.5 Å². The van der Waals surface area contributed by atoms with E-state index in [0.29, 0.717) is 5.82 Å². The Morgan fingerprint density at radius 1 is 1.10 bits per heavy atom. The van der Waals surface area contributed by atoms with E-state index in [-0.39, 0.29) is 0 Å². The van der Waals surface area contributed by atoms with E-state index in [1.807, 2.05) is 42.6 Å². The number of benzene rings is 1. The third kappa shape index (κ3) is 2.79. The highest BCUT2D eigenvalue weighted by molar-refractivity contribution is 7.38. The summed E-state index contributed by atoms with van der Waals surface area (Å²) in [5, 5.41) is -1.65. The molecule has 108 valence electrons. The van der Waals surface area contributed by atoms with E-state index in [4.69, 9.17) is 4.74 Å². The van der Waals surface area contributed by atoms with Gasteiger partial charge in [0.2, 0.25) is 0 Å². The molecule has 3 aromatic rings. The number of rotatable bonds is 3. The second kappa shape index (κ2) is 5.36. The maximum Gasteiger partial charge on any atom is 0.192 e. The SMILES string of the molecule is COc1ccc(-c2ccc3cnc(C(F)(P)P)n3c2)cc1. The van der Waals surface area contributed by atoms with Crippen LogP contribution in [0.5, 0.6) is 5.75 Å². The van der Waals surface area contributed by atoms with Crippen LogP contribution in [-0.4, -0.2) is 16.5 Å². The number of hydrogen-bond donors (Lipinski definition) is 0. The largest absolute Gasteiger partial charge is 0.497 e. The Bertz CT molecular complexity index is 778. The molecule has 0 bridgehead atoms. The molecule has 0 aliphatic rings. The monoisotopic (exact) mass is 320 g/mol. The van der Waals surface area contributed by atoms with E-state index < -0.39 is 5.15 Å². The first-order valence-electron chi connectivity index (χ1n) is 6.38. The molecule has 21 heavy (non-hydrogen) atoms. The lowest BCUT2D eigenvalue weighted by Crippen LogP contribution is -2.06. The molecule has 1 aromatic carbocycles. The average Bonchev–Trinajstić information content (AvgIpc) is 2.90. The Labute approximate surface area is 126 Å². The molecular formula is C15H15FN2OP2. The van der Waals surface area contributed by atoms with Crippen molar-refractivity contribution in [1.29, 1.82) is 0 Å². The van der Waals surface area contributed by atoms with Gasteiger partial charge in [-0.3, -0.25) is 4.40 Å². The number of pyridine rings is 1. The van der Waals surface area contributed by atoms with Gasteiger partial charge in [-0.2, -0.15) is 0 Å². The topological polar surface area (TPSA) is 26.5 Å². The number of aromatic nitrogens is 2. The van der Waals surface area contributed by atoms with Crippen molar-refractivity contribution in [2.75, 3.05) is 7.11 Å². The van der Waals surface area contributed by atoms with Crippen LogP contribution in [0.2, 0.25) is 0 Å². The minimum Gasteiger partial charge on any atom is -0.497 e. The highest BCUT2D eigenvalue weighted by Gasteiger charge is 2.24. The minimum atomic E-state index is -1.65. The van der Waals surface area contributed by atoms with E-state index in [1.54, 1.807) is 17.7 Å². The lowest BCUT2D eigenvalue weighted by molar-refractivity contribution is 0.403. The Morgan fingerprint density at radius 3 is 2.38 bits per heavy atom. The smallest absolute Gasteiger partial charge is 0.192 e. The van der Waals surface area contributed by atoms with E-state index in [1.165, 1.54) is 0 Å². The highest BCUT2D eigenvalue weighted by Crippen LogP contribution is 2.39. The zero-order chi connectivity index (χ0) is 15.0. The number of hydrogen-bond acceptors (Lipinski definition) is 2. The highest BCUT2D eigenvalue weighted by atomic mass is 31.1. The third-order valence-corrected chi connectivity index (χ3v) is 3.81. The van der Waals surface area contributed by atoms with Gasteiger partial charge in [0, 0.05) is 6.20 Å². The van der Waals surface area contributed by atoms with E-state index in [0.717, 1.165) is 22.4 Å². The summed E-state index contributed by atoms with van der Waals surface area (Å²) < 4.78 is 21.1. The molecular weight excluding hydrogens is 305 g/mol. The van der Waals surface area contributed by atoms with Gasteiger partial charge in [-0.1, -0.05) is 36.7 Å². The van der Waals surface area contributed by atoms with Gasteiger partial charge in [-0.05, 0) is 29.3 Å². The average molecular weight is 320 g/mol. The third-order valence-electron chi connectivity index (χ3n) is 3.29. The maximum atomic E-state index is 14.1. The van der Waals surface area contributed by atoms with Crippen molar-refractivity contribution in [3.05, 3.63) is 54.6 Å². The first-order chi connectivity index (χ1) is 9.99. The van der Waals surface area contributed by atoms with Gasteiger partial charge in [0.25, 0.3) is 0 Å². The molecule has 2 heterocycles. The Balaban J connectivity index is 2.11. The van der Waals surface area contributed by atoms with Crippen LogP contribution in [0.15, 0.2) is 48.8 Å². The van der Waals surface area contributed by atoms with Crippen molar-refractivity contribution in [2.45, 2.75) is 5.15 Å². The number of imidazole rings is 1. The van der Waals surface area contributed by atoms with Crippen molar-refractivity contribution in [3.8, 4) is 16.9 Å². The van der Waals surface area contributed by atoms with Crippen molar-refractivity contribution in [2.24, 2.45) is 0 Å². The van der Waals surface area contributed by atoms with Crippen LogP contribution in [-0.2, 0) is 5.15 Å². The number of ether oxygens (including phenoxy) is 1. The van der Waals surface area contributed by atoms with Gasteiger partial charge in [0.05, 0.1) is 18.8 Å². The van der Waals surface area contributed by atoms with E-state index in [2.05, 4.69) is 23.5 Å². The summed E-state index contributed by atoms with van der Waals surface area (Å²) in [4.78, 5) is 4.16. The van der Waals surface area contributed by atoms with Crippen LogP contribution in [0, 0.1) is 0 Å². The van der Waals surface area contributed by atoms with E-state index >= 15 is 0 Å². The normalized spacial score (nSPS) is 11.8. The van der Waals surface area contributed by atoms with Gasteiger partial charge in [0.15, 0.2) is 11.0 Å². The number of methoxy groups -OCH3 is 1. The summed E-state index contributed by atoms with van der Waals surface area (Å²) in [6, 6.07) is 11.7. The van der Waals surface area contributed by atoms with Gasteiger partial charge >= 0.3 is 0 Å². The predicted molar refractivity (Wildman–Crippen MR) is 89.4 cm³/mol. The van der Waals surface area contributed by atoms with Crippen LogP contribution < -0.4 is 4.74 Å². The lowest BCUT2D eigenvalue weighted by atomic mass is 10.1. The van der Waals surface area contributed by atoms with E-state index in [9.17, 15) is 4.39 Å². The molecule has 0 spiro atoms. The van der Waals surface area contributed by atoms with Gasteiger partial charge < -0.3 is 4.74 Å². The molecule has 0 radical (unpaired) electrons. The molecule has 0 saturated heterocycles. The fourth-order valence-corrected chi connectivity index (χ4v) is 2.66. The number of nitrogens with zero attached hydrogens (tertiary/aromatic N) is 2. The summed E-state index contributed by atoms with van der Waals surface area (Å²) in [5.41, 5.74) is 2.88. The second-order valence-electron chi connectivity index (χ2n) is 4.79. The minimum absolute atomic E-state index is 0.336. The number of alkyl halides is 1. The summed E-state index contributed by atoms with van der Waals surface area (Å²) in [6.07, 6.45) is 3.55. The predicted octanol–water partition coefficient (Wildman–Crippen LogP) is 3.84. The Morgan fingerprint density at radius 2 is 1.76 bits per heavy atom. The van der Waals surface area contributed by atoms with Crippen LogP contribution in [0.3, 0.4) is 0 Å². The molecule has 3 nitrogen and oxygen atoms in total. The van der Waals surface area contributed by atoms with Crippen LogP contribution in [0.4, 0.5) is 4.39 Å². The fourth-order valence-electron chi connectivity index (χ4n) is 2.23. The molecule has 2 aromatic heterocycles. The first kappa shape index (κ1) is 14.4. The molecule has 0 amide bonds. The summed E-state index contributed by atoms with van der Waals surface area (Å²) in [5.74, 6) is 1.14.